The van der Waals surface area contributed by atoms with Gasteiger partial charge in [0.25, 0.3) is 5.91 Å². The molecule has 2 aromatic carbocycles. The number of hydrogen-bond acceptors (Lipinski definition) is 3. The summed E-state index contributed by atoms with van der Waals surface area (Å²) in [5.41, 5.74) is 1.19. The molecule has 0 radical (unpaired) electrons. The van der Waals surface area contributed by atoms with Gasteiger partial charge in [-0.25, -0.2) is 13.1 Å². The average molecular weight is 387 g/mol. The number of sulfonamides is 1. The Bertz CT molecular complexity index is 891. The maximum atomic E-state index is 12.7. The second-order valence-electron chi connectivity index (χ2n) is 7.18. The van der Waals surface area contributed by atoms with Gasteiger partial charge < -0.3 is 5.32 Å². The number of carbonyl (C=O) groups is 1. The van der Waals surface area contributed by atoms with E-state index in [1.165, 1.54) is 12.1 Å². The molecule has 27 heavy (non-hydrogen) atoms. The standard InChI is InChI=1S/C21H26N2O3S/c1-4-13-22-20(24)18-11-8-12-19(14-18)27(25,26)23-16-21(2,3)15-17-9-6-5-7-10-17/h4-12,14,23H,1,13,15-16H2,2-3H3,(H,22,24). The van der Waals surface area contributed by atoms with Crippen LogP contribution in [0.2, 0.25) is 0 Å². The third-order valence-corrected chi connectivity index (χ3v) is 5.48. The molecule has 5 nitrogen and oxygen atoms in total. The molecule has 0 fully saturated rings. The van der Waals surface area contributed by atoms with Crippen LogP contribution in [0.4, 0.5) is 0 Å². The Kier molecular flexibility index (Phi) is 6.93. The lowest BCUT2D eigenvalue weighted by Gasteiger charge is -2.25. The highest BCUT2D eigenvalue weighted by molar-refractivity contribution is 7.89. The van der Waals surface area contributed by atoms with Crippen molar-refractivity contribution in [1.82, 2.24) is 10.0 Å². The zero-order valence-electron chi connectivity index (χ0n) is 15.7. The van der Waals surface area contributed by atoms with Gasteiger partial charge in [-0.1, -0.05) is 56.3 Å². The monoisotopic (exact) mass is 386 g/mol. The van der Waals surface area contributed by atoms with E-state index in [1.807, 2.05) is 44.2 Å². The van der Waals surface area contributed by atoms with Crippen LogP contribution in [0.25, 0.3) is 0 Å². The van der Waals surface area contributed by atoms with E-state index in [0.717, 1.165) is 12.0 Å². The van der Waals surface area contributed by atoms with Crippen molar-refractivity contribution in [3.63, 3.8) is 0 Å². The van der Waals surface area contributed by atoms with Crippen molar-refractivity contribution < 1.29 is 13.2 Å². The van der Waals surface area contributed by atoms with E-state index in [9.17, 15) is 13.2 Å². The molecule has 0 aliphatic heterocycles. The van der Waals surface area contributed by atoms with Crippen LogP contribution in [0.1, 0.15) is 29.8 Å². The largest absolute Gasteiger partial charge is 0.349 e. The summed E-state index contributed by atoms with van der Waals surface area (Å²) >= 11 is 0. The Labute approximate surface area is 161 Å². The Morgan fingerprint density at radius 3 is 2.48 bits per heavy atom. The molecule has 2 aromatic rings. The predicted molar refractivity (Wildman–Crippen MR) is 108 cm³/mol. The predicted octanol–water partition coefficient (Wildman–Crippen LogP) is 3.15. The van der Waals surface area contributed by atoms with Crippen LogP contribution in [0.3, 0.4) is 0 Å². The van der Waals surface area contributed by atoms with Gasteiger partial charge in [-0.3, -0.25) is 4.79 Å². The fourth-order valence-corrected chi connectivity index (χ4v) is 3.94. The normalized spacial score (nSPS) is 11.8. The quantitative estimate of drug-likeness (QED) is 0.650. The number of rotatable bonds is 9. The Hall–Kier alpha value is -2.44. The minimum Gasteiger partial charge on any atom is -0.349 e. The van der Waals surface area contributed by atoms with E-state index in [0.29, 0.717) is 12.1 Å². The maximum Gasteiger partial charge on any atom is 0.251 e. The average Bonchev–Trinajstić information content (AvgIpc) is 2.65. The highest BCUT2D eigenvalue weighted by Gasteiger charge is 2.23. The molecular weight excluding hydrogens is 360 g/mol. The zero-order valence-corrected chi connectivity index (χ0v) is 16.6. The minimum atomic E-state index is -3.71. The van der Waals surface area contributed by atoms with Crippen molar-refractivity contribution in [2.75, 3.05) is 13.1 Å². The minimum absolute atomic E-state index is 0.0734. The van der Waals surface area contributed by atoms with Crippen LogP contribution < -0.4 is 10.0 Å². The van der Waals surface area contributed by atoms with Crippen molar-refractivity contribution in [2.45, 2.75) is 25.2 Å². The zero-order chi connectivity index (χ0) is 19.9. The highest BCUT2D eigenvalue weighted by atomic mass is 32.2. The summed E-state index contributed by atoms with van der Waals surface area (Å²) in [7, 11) is -3.71. The first-order valence-corrected chi connectivity index (χ1v) is 10.2. The molecule has 0 bridgehead atoms. The van der Waals surface area contributed by atoms with Crippen molar-refractivity contribution >= 4 is 15.9 Å². The van der Waals surface area contributed by atoms with Gasteiger partial charge in [0.15, 0.2) is 0 Å². The lowest BCUT2D eigenvalue weighted by Crippen LogP contribution is -2.35. The first kappa shape index (κ1) is 20.9. The van der Waals surface area contributed by atoms with Crippen LogP contribution in [-0.2, 0) is 16.4 Å². The lowest BCUT2D eigenvalue weighted by molar-refractivity contribution is 0.0958. The molecule has 6 heteroatoms. The van der Waals surface area contributed by atoms with Gasteiger partial charge >= 0.3 is 0 Å². The molecule has 0 aromatic heterocycles. The van der Waals surface area contributed by atoms with E-state index in [4.69, 9.17) is 0 Å². The van der Waals surface area contributed by atoms with E-state index in [1.54, 1.807) is 18.2 Å². The van der Waals surface area contributed by atoms with Gasteiger partial charge in [0.2, 0.25) is 10.0 Å². The van der Waals surface area contributed by atoms with Gasteiger partial charge in [-0.2, -0.15) is 0 Å². The summed E-state index contributed by atoms with van der Waals surface area (Å²) in [5.74, 6) is -0.337. The van der Waals surface area contributed by atoms with Crippen molar-refractivity contribution in [1.29, 1.82) is 0 Å². The third-order valence-electron chi connectivity index (χ3n) is 4.08. The van der Waals surface area contributed by atoms with Crippen LogP contribution in [0, 0.1) is 5.41 Å². The van der Waals surface area contributed by atoms with E-state index < -0.39 is 10.0 Å². The Balaban J connectivity index is 2.07. The van der Waals surface area contributed by atoms with Gasteiger partial charge in [-0.05, 0) is 35.6 Å². The van der Waals surface area contributed by atoms with Gasteiger partial charge in [-0.15, -0.1) is 6.58 Å². The molecule has 1 amide bonds. The smallest absolute Gasteiger partial charge is 0.251 e. The fraction of sp³-hybridized carbons (Fsp3) is 0.286. The summed E-state index contributed by atoms with van der Waals surface area (Å²) in [6.07, 6.45) is 2.31. The van der Waals surface area contributed by atoms with Gasteiger partial charge in [0.05, 0.1) is 4.90 Å². The summed E-state index contributed by atoms with van der Waals surface area (Å²) in [6.45, 7) is 8.18. The molecule has 0 saturated heterocycles. The highest BCUT2D eigenvalue weighted by Crippen LogP contribution is 2.22. The van der Waals surface area contributed by atoms with Gasteiger partial charge in [0.1, 0.15) is 0 Å². The maximum absolute atomic E-state index is 12.7. The van der Waals surface area contributed by atoms with Crippen LogP contribution >= 0.6 is 0 Å². The van der Waals surface area contributed by atoms with E-state index in [2.05, 4.69) is 16.6 Å². The molecule has 0 spiro atoms. The second kappa shape index (κ2) is 8.97. The Morgan fingerprint density at radius 1 is 1.11 bits per heavy atom. The number of hydrogen-bond donors (Lipinski definition) is 2. The molecule has 0 heterocycles. The molecule has 0 atom stereocenters. The molecular formula is C21H26N2O3S. The second-order valence-corrected chi connectivity index (χ2v) is 8.94. The summed E-state index contributed by atoms with van der Waals surface area (Å²) in [5, 5.41) is 2.64. The van der Waals surface area contributed by atoms with Crippen molar-refractivity contribution in [2.24, 2.45) is 5.41 Å². The number of nitrogens with one attached hydrogen (secondary N) is 2. The first-order valence-electron chi connectivity index (χ1n) is 8.76. The topological polar surface area (TPSA) is 75.3 Å². The molecule has 2 rings (SSSR count). The third kappa shape index (κ3) is 6.34. The number of amides is 1. The number of carbonyl (C=O) groups excluding carboxylic acids is 1. The fourth-order valence-electron chi connectivity index (χ4n) is 2.66. The molecule has 0 unspecified atom stereocenters. The van der Waals surface area contributed by atoms with Crippen LogP contribution in [0.15, 0.2) is 72.1 Å². The van der Waals surface area contributed by atoms with Crippen molar-refractivity contribution in [3.05, 3.63) is 78.4 Å². The van der Waals surface area contributed by atoms with Crippen LogP contribution in [0.5, 0.6) is 0 Å². The molecule has 0 saturated carbocycles. The molecule has 144 valence electrons. The summed E-state index contributed by atoms with van der Waals surface area (Å²) in [4.78, 5) is 12.1. The van der Waals surface area contributed by atoms with E-state index in [-0.39, 0.29) is 22.8 Å². The number of benzene rings is 2. The SMILES string of the molecule is C=CCNC(=O)c1cccc(S(=O)(=O)NCC(C)(C)Cc2ccccc2)c1. The van der Waals surface area contributed by atoms with Crippen LogP contribution in [-0.4, -0.2) is 27.4 Å². The summed E-state index contributed by atoms with van der Waals surface area (Å²) in [6, 6.07) is 16.0. The molecule has 0 aliphatic carbocycles. The Morgan fingerprint density at radius 2 is 1.81 bits per heavy atom. The van der Waals surface area contributed by atoms with Gasteiger partial charge in [0, 0.05) is 18.7 Å². The van der Waals surface area contributed by atoms with Crippen molar-refractivity contribution in [3.8, 4) is 0 Å². The molecule has 2 N–H and O–H groups in total. The first-order chi connectivity index (χ1) is 12.7. The van der Waals surface area contributed by atoms with E-state index >= 15 is 0 Å². The lowest BCUT2D eigenvalue weighted by atomic mass is 9.86. The molecule has 0 aliphatic rings. The summed E-state index contributed by atoms with van der Waals surface area (Å²) < 4.78 is 28.0.